The van der Waals surface area contributed by atoms with Crippen LogP contribution in [0.25, 0.3) is 0 Å². The topological polar surface area (TPSA) is 78.9 Å². The van der Waals surface area contributed by atoms with Crippen molar-refractivity contribution in [2.45, 2.75) is 399 Å². The standard InChI is InChI=1S/C75H138O6/c1-4-7-10-13-16-19-22-24-26-28-30-32-33-34-35-36-37-38-39-40-41-43-44-46-48-50-53-56-59-62-65-68-74(77)80-71-72(70-79-73(76)67-64-61-58-55-52-21-18-15-12-9-6-3)81-75(78)69-66-63-60-57-54-51-49-47-45-42-31-29-27-25-23-20-17-14-11-8-5-2/h8,11,17,20,25,27,31,42,72H,4-7,9-10,12-16,18-19,21-24,26,28-30,32-41,43-71H2,1-3H3/b11-8-,20-17-,27-25-,42-31-. The smallest absolute Gasteiger partial charge is 0.306 e. The zero-order chi connectivity index (χ0) is 58.5. The molecule has 81 heavy (non-hydrogen) atoms. The van der Waals surface area contributed by atoms with Crippen molar-refractivity contribution in [1.29, 1.82) is 0 Å². The number of hydrogen-bond donors (Lipinski definition) is 0. The summed E-state index contributed by atoms with van der Waals surface area (Å²) >= 11 is 0. The Morgan fingerprint density at radius 3 is 0.753 bits per heavy atom. The summed E-state index contributed by atoms with van der Waals surface area (Å²) in [6.07, 6.45) is 88.8. The van der Waals surface area contributed by atoms with Crippen molar-refractivity contribution in [2.24, 2.45) is 0 Å². The Balaban J connectivity index is 4.12. The van der Waals surface area contributed by atoms with Crippen LogP contribution in [0.1, 0.15) is 393 Å². The van der Waals surface area contributed by atoms with E-state index in [1.807, 2.05) is 0 Å². The molecule has 0 bridgehead atoms. The van der Waals surface area contributed by atoms with Crippen LogP contribution >= 0.6 is 0 Å². The third kappa shape index (κ3) is 68.0. The highest BCUT2D eigenvalue weighted by Crippen LogP contribution is 2.19. The van der Waals surface area contributed by atoms with E-state index < -0.39 is 6.10 Å². The molecule has 0 radical (unpaired) electrons. The molecular weight excluding hydrogens is 997 g/mol. The molecule has 474 valence electrons. The van der Waals surface area contributed by atoms with E-state index >= 15 is 0 Å². The lowest BCUT2D eigenvalue weighted by molar-refractivity contribution is -0.167. The SMILES string of the molecule is CC/C=C\C/C=C\C/C=C\C/C=C\CCCCCCCCCCC(=O)OC(COC(=O)CCCCCCCCCCCCC)COC(=O)CCCCCCCCCCCCCCCCCCCCCCCCCCCCCCCCC. The van der Waals surface area contributed by atoms with Gasteiger partial charge < -0.3 is 14.2 Å². The monoisotopic (exact) mass is 1140 g/mol. The van der Waals surface area contributed by atoms with Gasteiger partial charge in [0.1, 0.15) is 13.2 Å². The molecule has 0 aromatic heterocycles. The van der Waals surface area contributed by atoms with Gasteiger partial charge in [0, 0.05) is 19.3 Å². The summed E-state index contributed by atoms with van der Waals surface area (Å²) < 4.78 is 17.0. The first-order valence-corrected chi connectivity index (χ1v) is 36.1. The number of ether oxygens (including phenoxy) is 3. The number of allylic oxidation sites excluding steroid dienone is 8. The summed E-state index contributed by atoms with van der Waals surface area (Å²) in [6, 6.07) is 0. The summed E-state index contributed by atoms with van der Waals surface area (Å²) in [7, 11) is 0. The Labute approximate surface area is 505 Å². The Morgan fingerprint density at radius 2 is 0.481 bits per heavy atom. The molecule has 6 heteroatoms. The normalized spacial score (nSPS) is 12.3. The van der Waals surface area contributed by atoms with Gasteiger partial charge in [0.15, 0.2) is 6.10 Å². The van der Waals surface area contributed by atoms with Crippen molar-refractivity contribution in [3.05, 3.63) is 48.6 Å². The van der Waals surface area contributed by atoms with Gasteiger partial charge in [0.2, 0.25) is 0 Å². The van der Waals surface area contributed by atoms with Crippen LogP contribution in [0.4, 0.5) is 0 Å². The van der Waals surface area contributed by atoms with Crippen LogP contribution < -0.4 is 0 Å². The second-order valence-corrected chi connectivity index (χ2v) is 24.5. The molecule has 0 aliphatic rings. The van der Waals surface area contributed by atoms with E-state index in [2.05, 4.69) is 69.4 Å². The molecule has 1 atom stereocenters. The number of rotatable bonds is 67. The molecule has 0 aromatic rings. The molecule has 0 saturated carbocycles. The second-order valence-electron chi connectivity index (χ2n) is 24.5. The Morgan fingerprint density at radius 1 is 0.259 bits per heavy atom. The zero-order valence-electron chi connectivity index (χ0n) is 54.6. The number of hydrogen-bond acceptors (Lipinski definition) is 6. The van der Waals surface area contributed by atoms with Gasteiger partial charge in [0.05, 0.1) is 0 Å². The summed E-state index contributed by atoms with van der Waals surface area (Å²) in [5.74, 6) is -0.854. The van der Waals surface area contributed by atoms with Gasteiger partial charge in [-0.3, -0.25) is 14.4 Å². The lowest BCUT2D eigenvalue weighted by atomic mass is 10.0. The first-order chi connectivity index (χ1) is 40.0. The predicted molar refractivity (Wildman–Crippen MR) is 353 cm³/mol. The van der Waals surface area contributed by atoms with E-state index in [4.69, 9.17) is 14.2 Å². The Bertz CT molecular complexity index is 1400. The van der Waals surface area contributed by atoms with Gasteiger partial charge in [-0.25, -0.2) is 0 Å². The van der Waals surface area contributed by atoms with Gasteiger partial charge >= 0.3 is 17.9 Å². The minimum atomic E-state index is -0.775. The predicted octanol–water partition coefficient (Wildman–Crippen LogP) is 24.9. The van der Waals surface area contributed by atoms with Crippen LogP contribution in [0.3, 0.4) is 0 Å². The fraction of sp³-hybridized carbons (Fsp3) is 0.853. The Kier molecular flexibility index (Phi) is 67.6. The summed E-state index contributed by atoms with van der Waals surface area (Å²) in [5, 5.41) is 0. The molecular formula is C75H138O6. The molecule has 1 unspecified atom stereocenters. The zero-order valence-corrected chi connectivity index (χ0v) is 54.6. The van der Waals surface area contributed by atoms with Gasteiger partial charge in [-0.2, -0.15) is 0 Å². The quantitative estimate of drug-likeness (QED) is 0.0261. The molecule has 0 aromatic carbocycles. The summed E-state index contributed by atoms with van der Waals surface area (Å²) in [6.45, 7) is 6.58. The maximum absolute atomic E-state index is 12.9. The van der Waals surface area contributed by atoms with Crippen LogP contribution in [0.15, 0.2) is 48.6 Å². The number of carbonyl (C=O) groups is 3. The van der Waals surface area contributed by atoms with Crippen molar-refractivity contribution in [2.75, 3.05) is 13.2 Å². The van der Waals surface area contributed by atoms with E-state index in [-0.39, 0.29) is 31.1 Å². The highest BCUT2D eigenvalue weighted by molar-refractivity contribution is 5.71. The van der Waals surface area contributed by atoms with Crippen molar-refractivity contribution < 1.29 is 28.6 Å². The van der Waals surface area contributed by atoms with Crippen molar-refractivity contribution in [3.8, 4) is 0 Å². The summed E-state index contributed by atoms with van der Waals surface area (Å²) in [5.41, 5.74) is 0. The molecule has 0 fully saturated rings. The molecule has 0 amide bonds. The fourth-order valence-corrected chi connectivity index (χ4v) is 11.0. The van der Waals surface area contributed by atoms with Crippen LogP contribution in [0.5, 0.6) is 0 Å². The first kappa shape index (κ1) is 78.4. The van der Waals surface area contributed by atoms with Crippen LogP contribution in [-0.2, 0) is 28.6 Å². The van der Waals surface area contributed by atoms with E-state index in [9.17, 15) is 14.4 Å². The lowest BCUT2D eigenvalue weighted by Gasteiger charge is -2.18. The van der Waals surface area contributed by atoms with Crippen molar-refractivity contribution in [3.63, 3.8) is 0 Å². The lowest BCUT2D eigenvalue weighted by Crippen LogP contribution is -2.30. The molecule has 0 saturated heterocycles. The molecule has 0 aliphatic heterocycles. The minimum absolute atomic E-state index is 0.0712. The molecule has 0 aliphatic carbocycles. The third-order valence-electron chi connectivity index (χ3n) is 16.3. The average molecular weight is 1140 g/mol. The van der Waals surface area contributed by atoms with Gasteiger partial charge in [-0.1, -0.05) is 365 Å². The molecule has 0 N–H and O–H groups in total. The maximum Gasteiger partial charge on any atom is 0.306 e. The van der Waals surface area contributed by atoms with E-state index in [1.54, 1.807) is 0 Å². The van der Waals surface area contributed by atoms with Crippen molar-refractivity contribution in [1.82, 2.24) is 0 Å². The third-order valence-corrected chi connectivity index (χ3v) is 16.3. The minimum Gasteiger partial charge on any atom is -0.462 e. The van der Waals surface area contributed by atoms with E-state index in [1.165, 1.54) is 263 Å². The van der Waals surface area contributed by atoms with E-state index in [0.717, 1.165) is 89.9 Å². The number of unbranched alkanes of at least 4 members (excludes halogenated alkanes) is 48. The van der Waals surface area contributed by atoms with Gasteiger partial charge in [-0.05, 0) is 57.8 Å². The molecule has 0 spiro atoms. The van der Waals surface area contributed by atoms with Crippen LogP contribution in [0, 0.1) is 0 Å². The largest absolute Gasteiger partial charge is 0.462 e. The Hall–Kier alpha value is -2.63. The van der Waals surface area contributed by atoms with Crippen molar-refractivity contribution >= 4 is 17.9 Å². The number of carbonyl (C=O) groups excluding carboxylic acids is 3. The maximum atomic E-state index is 12.9. The summed E-state index contributed by atoms with van der Waals surface area (Å²) in [4.78, 5) is 38.4. The molecule has 6 nitrogen and oxygen atoms in total. The fourth-order valence-electron chi connectivity index (χ4n) is 11.0. The second kappa shape index (κ2) is 69.9. The molecule has 0 rings (SSSR count). The van der Waals surface area contributed by atoms with E-state index in [0.29, 0.717) is 19.3 Å². The number of esters is 3. The van der Waals surface area contributed by atoms with Gasteiger partial charge in [-0.15, -0.1) is 0 Å². The van der Waals surface area contributed by atoms with Crippen LogP contribution in [-0.4, -0.2) is 37.2 Å². The first-order valence-electron chi connectivity index (χ1n) is 36.1. The molecule has 0 heterocycles. The average Bonchev–Trinajstić information content (AvgIpc) is 3.47. The van der Waals surface area contributed by atoms with Gasteiger partial charge in [0.25, 0.3) is 0 Å². The highest BCUT2D eigenvalue weighted by Gasteiger charge is 2.19. The van der Waals surface area contributed by atoms with Crippen LogP contribution in [0.2, 0.25) is 0 Å². The highest BCUT2D eigenvalue weighted by atomic mass is 16.6.